The van der Waals surface area contributed by atoms with Crippen molar-refractivity contribution < 1.29 is 22.7 Å². The van der Waals surface area contributed by atoms with E-state index in [9.17, 15) is 18.0 Å². The number of methoxy groups -OCH3 is 1. The standard InChI is InChI=1S/C8H7F3N2O2/c1-15-7-4(3-12)5(8(9,10)11)2-6(14)13-7/h5H,2H2,1H3,(H,13,14)/t5-/m1/s1. The molecule has 0 unspecified atom stereocenters. The first-order valence-electron chi connectivity index (χ1n) is 3.95. The highest BCUT2D eigenvalue weighted by molar-refractivity contribution is 5.80. The molecule has 0 saturated carbocycles. The van der Waals surface area contributed by atoms with Gasteiger partial charge in [-0.25, -0.2) is 0 Å². The monoisotopic (exact) mass is 220 g/mol. The van der Waals surface area contributed by atoms with Crippen molar-refractivity contribution in [3.05, 3.63) is 11.5 Å². The summed E-state index contributed by atoms with van der Waals surface area (Å²) < 4.78 is 41.8. The molecule has 0 aromatic rings. The third-order valence-electron chi connectivity index (χ3n) is 1.96. The highest BCUT2D eigenvalue weighted by Crippen LogP contribution is 2.37. The van der Waals surface area contributed by atoms with Gasteiger partial charge in [0.25, 0.3) is 0 Å². The van der Waals surface area contributed by atoms with Gasteiger partial charge in [0.15, 0.2) is 0 Å². The Morgan fingerprint density at radius 2 is 2.20 bits per heavy atom. The minimum atomic E-state index is -4.62. The lowest BCUT2D eigenvalue weighted by atomic mass is 9.93. The van der Waals surface area contributed by atoms with E-state index in [4.69, 9.17) is 5.26 Å². The third kappa shape index (κ3) is 2.21. The highest BCUT2D eigenvalue weighted by Gasteiger charge is 2.47. The van der Waals surface area contributed by atoms with Crippen LogP contribution < -0.4 is 5.32 Å². The Morgan fingerprint density at radius 1 is 1.60 bits per heavy atom. The number of ether oxygens (including phenoxy) is 1. The number of nitrogens with one attached hydrogen (secondary N) is 1. The lowest BCUT2D eigenvalue weighted by Gasteiger charge is -2.25. The Hall–Kier alpha value is -1.71. The van der Waals surface area contributed by atoms with Gasteiger partial charge in [-0.3, -0.25) is 10.1 Å². The van der Waals surface area contributed by atoms with Gasteiger partial charge in [0.05, 0.1) is 7.11 Å². The smallest absolute Gasteiger partial charge is 0.397 e. The predicted octanol–water partition coefficient (Wildman–Crippen LogP) is 1.07. The molecule has 1 aliphatic rings. The Labute approximate surface area is 83.3 Å². The molecule has 0 fully saturated rings. The molecule has 15 heavy (non-hydrogen) atoms. The summed E-state index contributed by atoms with van der Waals surface area (Å²) >= 11 is 0. The van der Waals surface area contributed by atoms with E-state index in [0.29, 0.717) is 0 Å². The SMILES string of the molecule is COC1=C(C#N)[C@H](C(F)(F)F)CC(=O)N1. The number of alkyl halides is 3. The first kappa shape index (κ1) is 11.4. The molecule has 0 saturated heterocycles. The van der Waals surface area contributed by atoms with Crippen molar-refractivity contribution >= 4 is 5.91 Å². The van der Waals surface area contributed by atoms with Crippen molar-refractivity contribution in [2.24, 2.45) is 5.92 Å². The van der Waals surface area contributed by atoms with Crippen LogP contribution in [0.1, 0.15) is 6.42 Å². The normalized spacial score (nSPS) is 22.1. The van der Waals surface area contributed by atoms with Crippen LogP contribution in [0.5, 0.6) is 0 Å². The van der Waals surface area contributed by atoms with E-state index in [2.05, 4.69) is 10.1 Å². The van der Waals surface area contributed by atoms with Gasteiger partial charge in [-0.05, 0) is 0 Å². The van der Waals surface area contributed by atoms with Crippen molar-refractivity contribution in [1.82, 2.24) is 5.32 Å². The first-order chi connectivity index (χ1) is 6.90. The van der Waals surface area contributed by atoms with Crippen LogP contribution >= 0.6 is 0 Å². The summed E-state index contributed by atoms with van der Waals surface area (Å²) in [5, 5.41) is 10.6. The van der Waals surface area contributed by atoms with Crippen molar-refractivity contribution in [2.45, 2.75) is 12.6 Å². The lowest BCUT2D eigenvalue weighted by Crippen LogP contribution is -2.39. The zero-order valence-electron chi connectivity index (χ0n) is 7.68. The molecule has 4 nitrogen and oxygen atoms in total. The molecule has 7 heteroatoms. The van der Waals surface area contributed by atoms with Gasteiger partial charge in [0.1, 0.15) is 17.6 Å². The molecule has 1 N–H and O–H groups in total. The van der Waals surface area contributed by atoms with Gasteiger partial charge < -0.3 is 4.74 Å². The summed E-state index contributed by atoms with van der Waals surface area (Å²) in [5.41, 5.74) is -0.593. The average Bonchev–Trinajstić information content (AvgIpc) is 2.15. The Bertz CT molecular complexity index is 354. The number of nitrogens with zero attached hydrogens (tertiary/aromatic N) is 1. The van der Waals surface area contributed by atoms with E-state index in [0.717, 1.165) is 7.11 Å². The van der Waals surface area contributed by atoms with Crippen molar-refractivity contribution in [1.29, 1.82) is 5.26 Å². The molecule has 82 valence electrons. The van der Waals surface area contributed by atoms with Gasteiger partial charge in [0, 0.05) is 6.42 Å². The minimum absolute atomic E-state index is 0.420. The molecular formula is C8H7F3N2O2. The quantitative estimate of drug-likeness (QED) is 0.718. The number of halogens is 3. The maximum atomic E-state index is 12.4. The molecule has 0 bridgehead atoms. The number of rotatable bonds is 1. The second-order valence-electron chi connectivity index (χ2n) is 2.91. The molecule has 0 radical (unpaired) electrons. The molecule has 1 heterocycles. The number of amides is 1. The predicted molar refractivity (Wildman–Crippen MR) is 42.0 cm³/mol. The molecule has 1 atom stereocenters. The summed E-state index contributed by atoms with van der Waals surface area (Å²) in [5.74, 6) is -3.31. The van der Waals surface area contributed by atoms with Crippen molar-refractivity contribution in [3.63, 3.8) is 0 Å². The van der Waals surface area contributed by atoms with Crippen LogP contribution in [-0.2, 0) is 9.53 Å². The van der Waals surface area contributed by atoms with Gasteiger partial charge in [-0.1, -0.05) is 0 Å². The van der Waals surface area contributed by atoms with E-state index in [1.165, 1.54) is 6.07 Å². The summed E-state index contributed by atoms with van der Waals surface area (Å²) in [4.78, 5) is 10.9. The molecule has 0 aliphatic carbocycles. The van der Waals surface area contributed by atoms with Gasteiger partial charge in [-0.2, -0.15) is 18.4 Å². The summed E-state index contributed by atoms with van der Waals surface area (Å²) in [6.07, 6.45) is -5.40. The molecule has 0 spiro atoms. The second kappa shape index (κ2) is 3.81. The van der Waals surface area contributed by atoms with E-state index >= 15 is 0 Å². The van der Waals surface area contributed by atoms with Crippen molar-refractivity contribution in [2.75, 3.05) is 7.11 Å². The highest BCUT2D eigenvalue weighted by atomic mass is 19.4. The molecule has 1 rings (SSSR count). The fourth-order valence-electron chi connectivity index (χ4n) is 1.26. The number of hydrogen-bond donors (Lipinski definition) is 1. The fraction of sp³-hybridized carbons (Fsp3) is 0.500. The van der Waals surface area contributed by atoms with E-state index in [-0.39, 0.29) is 0 Å². The largest absolute Gasteiger partial charge is 0.482 e. The molecule has 0 aromatic carbocycles. The Balaban J connectivity index is 3.17. The van der Waals surface area contributed by atoms with Crippen LogP contribution in [0.3, 0.4) is 0 Å². The zero-order chi connectivity index (χ0) is 11.6. The first-order valence-corrected chi connectivity index (χ1v) is 3.95. The maximum absolute atomic E-state index is 12.4. The summed E-state index contributed by atoms with van der Waals surface area (Å²) in [6.45, 7) is 0. The second-order valence-corrected chi connectivity index (χ2v) is 2.91. The van der Waals surface area contributed by atoms with E-state index < -0.39 is 35.9 Å². The van der Waals surface area contributed by atoms with Crippen LogP contribution in [0.2, 0.25) is 0 Å². The van der Waals surface area contributed by atoms with Crippen LogP contribution in [0.25, 0.3) is 0 Å². The zero-order valence-corrected chi connectivity index (χ0v) is 7.68. The van der Waals surface area contributed by atoms with Crippen LogP contribution in [0.4, 0.5) is 13.2 Å². The number of hydrogen-bond acceptors (Lipinski definition) is 3. The van der Waals surface area contributed by atoms with E-state index in [1.54, 1.807) is 0 Å². The van der Waals surface area contributed by atoms with Gasteiger partial charge >= 0.3 is 6.18 Å². The molecule has 1 amide bonds. The number of nitriles is 1. The van der Waals surface area contributed by atoms with Crippen LogP contribution in [0, 0.1) is 17.2 Å². The Kier molecular flexibility index (Phi) is 2.88. The fourth-order valence-corrected chi connectivity index (χ4v) is 1.26. The Morgan fingerprint density at radius 3 is 2.60 bits per heavy atom. The average molecular weight is 220 g/mol. The number of carbonyl (C=O) groups excluding carboxylic acids is 1. The minimum Gasteiger partial charge on any atom is -0.482 e. The molecule has 0 aromatic heterocycles. The number of allylic oxidation sites excluding steroid dienone is 1. The molecule has 1 aliphatic heterocycles. The van der Waals surface area contributed by atoms with Crippen molar-refractivity contribution in [3.8, 4) is 6.07 Å². The van der Waals surface area contributed by atoms with E-state index in [1.807, 2.05) is 0 Å². The summed E-state index contributed by atoms with van der Waals surface area (Å²) in [6, 6.07) is 1.40. The summed E-state index contributed by atoms with van der Waals surface area (Å²) in [7, 11) is 1.09. The maximum Gasteiger partial charge on any atom is 0.397 e. The molecular weight excluding hydrogens is 213 g/mol. The van der Waals surface area contributed by atoms with Crippen LogP contribution in [-0.4, -0.2) is 19.2 Å². The van der Waals surface area contributed by atoms with Gasteiger partial charge in [0.2, 0.25) is 11.8 Å². The number of carbonyl (C=O) groups is 1. The van der Waals surface area contributed by atoms with Gasteiger partial charge in [-0.15, -0.1) is 0 Å². The van der Waals surface area contributed by atoms with Crippen LogP contribution in [0.15, 0.2) is 11.5 Å². The lowest BCUT2D eigenvalue weighted by molar-refractivity contribution is -0.171. The topological polar surface area (TPSA) is 62.1 Å². The third-order valence-corrected chi connectivity index (χ3v) is 1.96.